The van der Waals surface area contributed by atoms with Gasteiger partial charge in [-0.25, -0.2) is 4.98 Å². The average molecular weight is 438 g/mol. The molecule has 0 atom stereocenters. The number of benzene rings is 2. The standard InChI is InChI=1S/C21H24ClN3OS.ClH/c1-4-24(5-2)12-13-25(20(26)16-9-6-8-15(3)14-16)21-23-19-17(22)10-7-11-18(19)27-21;/h6-11,14H,4-5,12-13H2,1-3H3;1H. The number of rotatable bonds is 7. The maximum Gasteiger partial charge on any atom is 0.260 e. The lowest BCUT2D eigenvalue weighted by Gasteiger charge is -2.24. The molecule has 7 heteroatoms. The summed E-state index contributed by atoms with van der Waals surface area (Å²) in [6, 6.07) is 13.4. The van der Waals surface area contributed by atoms with Gasteiger partial charge in [0.2, 0.25) is 0 Å². The average Bonchev–Trinajstić information content (AvgIpc) is 3.10. The van der Waals surface area contributed by atoms with E-state index in [4.69, 9.17) is 11.6 Å². The Hall–Kier alpha value is -1.66. The molecule has 2 aromatic carbocycles. The maximum absolute atomic E-state index is 13.3. The predicted octanol–water partition coefficient (Wildman–Crippen LogP) is 5.67. The molecule has 3 aromatic rings. The molecular weight excluding hydrogens is 413 g/mol. The lowest BCUT2D eigenvalue weighted by Crippen LogP contribution is -2.38. The molecule has 0 saturated heterocycles. The Morgan fingerprint density at radius 1 is 1.11 bits per heavy atom. The zero-order chi connectivity index (χ0) is 19.4. The van der Waals surface area contributed by atoms with Crippen LogP contribution < -0.4 is 4.90 Å². The van der Waals surface area contributed by atoms with E-state index in [0.717, 1.165) is 35.4 Å². The topological polar surface area (TPSA) is 36.4 Å². The van der Waals surface area contributed by atoms with Crippen LogP contribution in [0.25, 0.3) is 10.2 Å². The highest BCUT2D eigenvalue weighted by Gasteiger charge is 2.22. The van der Waals surface area contributed by atoms with Crippen molar-refractivity contribution in [3.05, 3.63) is 58.6 Å². The third-order valence-electron chi connectivity index (χ3n) is 4.63. The Labute approximate surface area is 181 Å². The van der Waals surface area contributed by atoms with E-state index in [2.05, 4.69) is 23.7 Å². The monoisotopic (exact) mass is 437 g/mol. The Morgan fingerprint density at radius 3 is 2.46 bits per heavy atom. The fourth-order valence-electron chi connectivity index (χ4n) is 3.02. The molecule has 0 spiro atoms. The summed E-state index contributed by atoms with van der Waals surface area (Å²) < 4.78 is 0.988. The Kier molecular flexibility index (Phi) is 8.25. The molecule has 0 N–H and O–H groups in total. The van der Waals surface area contributed by atoms with Crippen LogP contribution in [0.4, 0.5) is 5.13 Å². The van der Waals surface area contributed by atoms with E-state index in [1.807, 2.05) is 49.4 Å². The lowest BCUT2D eigenvalue weighted by atomic mass is 10.1. The Morgan fingerprint density at radius 2 is 1.82 bits per heavy atom. The number of hydrogen-bond donors (Lipinski definition) is 0. The van der Waals surface area contributed by atoms with Gasteiger partial charge in [-0.1, -0.05) is 60.5 Å². The molecule has 0 aliphatic carbocycles. The third-order valence-corrected chi connectivity index (χ3v) is 5.98. The summed E-state index contributed by atoms with van der Waals surface area (Å²) in [5.74, 6) is -0.0268. The molecule has 150 valence electrons. The number of anilines is 1. The number of halogens is 2. The van der Waals surface area contributed by atoms with Crippen molar-refractivity contribution in [3.63, 3.8) is 0 Å². The van der Waals surface area contributed by atoms with Crippen molar-refractivity contribution in [3.8, 4) is 0 Å². The summed E-state index contributed by atoms with van der Waals surface area (Å²) in [7, 11) is 0. The third kappa shape index (κ3) is 5.03. The van der Waals surface area contributed by atoms with Crippen LogP contribution in [0.15, 0.2) is 42.5 Å². The van der Waals surface area contributed by atoms with Gasteiger partial charge in [0.1, 0.15) is 5.52 Å². The second kappa shape index (κ2) is 10.2. The number of carbonyl (C=O) groups is 1. The molecule has 0 saturated carbocycles. The van der Waals surface area contributed by atoms with E-state index >= 15 is 0 Å². The second-order valence-corrected chi connectivity index (χ2v) is 7.85. The number of thiazole rings is 1. The van der Waals surface area contributed by atoms with Crippen molar-refractivity contribution < 1.29 is 4.79 Å². The van der Waals surface area contributed by atoms with Crippen molar-refractivity contribution in [2.45, 2.75) is 20.8 Å². The van der Waals surface area contributed by atoms with Crippen LogP contribution in [0.5, 0.6) is 0 Å². The highest BCUT2D eigenvalue weighted by atomic mass is 35.5. The van der Waals surface area contributed by atoms with E-state index in [9.17, 15) is 4.79 Å². The van der Waals surface area contributed by atoms with Crippen LogP contribution in [0.3, 0.4) is 0 Å². The van der Waals surface area contributed by atoms with Gasteiger partial charge in [0.15, 0.2) is 5.13 Å². The number of carbonyl (C=O) groups excluding carboxylic acids is 1. The van der Waals surface area contributed by atoms with Gasteiger partial charge in [-0.05, 0) is 44.3 Å². The number of nitrogens with zero attached hydrogens (tertiary/aromatic N) is 3. The highest BCUT2D eigenvalue weighted by Crippen LogP contribution is 2.33. The van der Waals surface area contributed by atoms with Crippen LogP contribution >= 0.6 is 35.3 Å². The first-order valence-electron chi connectivity index (χ1n) is 9.19. The van der Waals surface area contributed by atoms with Crippen molar-refractivity contribution in [2.24, 2.45) is 0 Å². The van der Waals surface area contributed by atoms with Crippen LogP contribution in [-0.4, -0.2) is 42.0 Å². The molecule has 3 rings (SSSR count). The normalized spacial score (nSPS) is 10.9. The highest BCUT2D eigenvalue weighted by molar-refractivity contribution is 7.22. The van der Waals surface area contributed by atoms with Gasteiger partial charge < -0.3 is 4.90 Å². The van der Waals surface area contributed by atoms with E-state index in [1.54, 1.807) is 4.90 Å². The van der Waals surface area contributed by atoms with Gasteiger partial charge in [0.05, 0.1) is 9.72 Å². The zero-order valence-corrected chi connectivity index (χ0v) is 18.7. The van der Waals surface area contributed by atoms with Gasteiger partial charge in [-0.3, -0.25) is 9.69 Å². The molecule has 1 heterocycles. The minimum Gasteiger partial charge on any atom is -0.302 e. The first kappa shape index (κ1) is 22.6. The molecular formula is C21H25Cl2N3OS. The second-order valence-electron chi connectivity index (χ2n) is 6.44. The predicted molar refractivity (Wildman–Crippen MR) is 123 cm³/mol. The van der Waals surface area contributed by atoms with Gasteiger partial charge in [-0.15, -0.1) is 12.4 Å². The summed E-state index contributed by atoms with van der Waals surface area (Å²) in [4.78, 5) is 22.1. The summed E-state index contributed by atoms with van der Waals surface area (Å²) in [6.07, 6.45) is 0. The molecule has 1 aromatic heterocycles. The summed E-state index contributed by atoms with van der Waals surface area (Å²) in [5, 5.41) is 1.30. The van der Waals surface area contributed by atoms with E-state index in [-0.39, 0.29) is 18.3 Å². The van der Waals surface area contributed by atoms with Crippen molar-refractivity contribution >= 4 is 56.6 Å². The molecule has 28 heavy (non-hydrogen) atoms. The van der Waals surface area contributed by atoms with Crippen molar-refractivity contribution in [1.29, 1.82) is 0 Å². The van der Waals surface area contributed by atoms with Crippen LogP contribution in [0.2, 0.25) is 5.02 Å². The van der Waals surface area contributed by atoms with E-state index in [1.165, 1.54) is 11.3 Å². The fourth-order valence-corrected chi connectivity index (χ4v) is 4.31. The van der Waals surface area contributed by atoms with Gasteiger partial charge in [0, 0.05) is 18.7 Å². The number of aromatic nitrogens is 1. The van der Waals surface area contributed by atoms with Crippen LogP contribution in [0.1, 0.15) is 29.8 Å². The van der Waals surface area contributed by atoms with E-state index < -0.39 is 0 Å². The number of likely N-dealkylation sites (N-methyl/N-ethyl adjacent to an activating group) is 1. The molecule has 1 amide bonds. The van der Waals surface area contributed by atoms with Gasteiger partial charge in [0.25, 0.3) is 5.91 Å². The quantitative estimate of drug-likeness (QED) is 0.477. The molecule has 0 unspecified atom stereocenters. The minimum atomic E-state index is -0.0268. The number of para-hydroxylation sites is 1. The SMILES string of the molecule is CCN(CC)CCN(C(=O)c1cccc(C)c1)c1nc2c(Cl)cccc2s1.Cl. The van der Waals surface area contributed by atoms with E-state index in [0.29, 0.717) is 22.3 Å². The molecule has 4 nitrogen and oxygen atoms in total. The first-order chi connectivity index (χ1) is 13.0. The smallest absolute Gasteiger partial charge is 0.260 e. The van der Waals surface area contributed by atoms with Crippen molar-refractivity contribution in [1.82, 2.24) is 9.88 Å². The zero-order valence-electron chi connectivity index (χ0n) is 16.3. The molecule has 0 aliphatic rings. The fraction of sp³-hybridized carbons (Fsp3) is 0.333. The van der Waals surface area contributed by atoms with Crippen molar-refractivity contribution in [2.75, 3.05) is 31.1 Å². The Balaban J connectivity index is 0.00000280. The van der Waals surface area contributed by atoms with Crippen LogP contribution in [0, 0.1) is 6.92 Å². The minimum absolute atomic E-state index is 0. The number of fused-ring (bicyclic) bond motifs is 1. The first-order valence-corrected chi connectivity index (χ1v) is 10.4. The van der Waals surface area contributed by atoms with Gasteiger partial charge in [-0.2, -0.15) is 0 Å². The number of amides is 1. The summed E-state index contributed by atoms with van der Waals surface area (Å²) >= 11 is 7.80. The molecule has 0 radical (unpaired) electrons. The largest absolute Gasteiger partial charge is 0.302 e. The Bertz CT molecular complexity index is 940. The lowest BCUT2D eigenvalue weighted by molar-refractivity contribution is 0.0983. The number of hydrogen-bond acceptors (Lipinski definition) is 4. The summed E-state index contributed by atoms with van der Waals surface area (Å²) in [5.41, 5.74) is 2.50. The number of aryl methyl sites for hydroxylation is 1. The molecule has 0 bridgehead atoms. The maximum atomic E-state index is 13.3. The van der Waals surface area contributed by atoms with Gasteiger partial charge >= 0.3 is 0 Å². The molecule has 0 aliphatic heterocycles. The van der Waals surface area contributed by atoms with Crippen LogP contribution in [-0.2, 0) is 0 Å². The summed E-state index contributed by atoms with van der Waals surface area (Å²) in [6.45, 7) is 9.55. The molecule has 0 fully saturated rings.